The Balaban J connectivity index is 1.66. The highest BCUT2D eigenvalue weighted by Gasteiger charge is 2.45. The molecule has 0 saturated carbocycles. The first-order valence-electron chi connectivity index (χ1n) is 10.9. The molecule has 2 aromatic rings. The average Bonchev–Trinajstić information content (AvgIpc) is 3.05. The summed E-state index contributed by atoms with van der Waals surface area (Å²) in [5, 5.41) is 20.8. The zero-order chi connectivity index (χ0) is 22.7. The normalized spacial score (nSPS) is 21.3. The lowest BCUT2D eigenvalue weighted by Gasteiger charge is -2.29. The molecule has 2 aliphatic rings. The summed E-state index contributed by atoms with van der Waals surface area (Å²) < 4.78 is 5.38. The Bertz CT molecular complexity index is 1010. The molecule has 4 rings (SSSR count). The largest absolute Gasteiger partial charge is 0.508 e. The lowest BCUT2D eigenvalue weighted by molar-refractivity contribution is -0.140. The van der Waals surface area contributed by atoms with E-state index in [0.29, 0.717) is 37.3 Å². The van der Waals surface area contributed by atoms with Gasteiger partial charge in [-0.2, -0.15) is 0 Å². The minimum absolute atomic E-state index is 0.0796. The predicted octanol–water partition coefficient (Wildman–Crippen LogP) is 2.84. The number of ketones is 1. The van der Waals surface area contributed by atoms with E-state index in [9.17, 15) is 19.8 Å². The van der Waals surface area contributed by atoms with Gasteiger partial charge in [-0.1, -0.05) is 42.0 Å². The van der Waals surface area contributed by atoms with Gasteiger partial charge in [-0.05, 0) is 31.0 Å². The molecule has 1 unspecified atom stereocenters. The van der Waals surface area contributed by atoms with E-state index in [2.05, 4.69) is 4.90 Å². The number of amides is 1. The van der Waals surface area contributed by atoms with Crippen LogP contribution in [-0.4, -0.2) is 71.1 Å². The Morgan fingerprint density at radius 2 is 1.66 bits per heavy atom. The van der Waals surface area contributed by atoms with Crippen LogP contribution in [0.1, 0.15) is 29.2 Å². The molecule has 2 N–H and O–H groups in total. The lowest BCUT2D eigenvalue weighted by Crippen LogP contribution is -2.38. The Hall–Kier alpha value is -3.16. The zero-order valence-corrected chi connectivity index (χ0v) is 18.2. The van der Waals surface area contributed by atoms with E-state index in [1.54, 1.807) is 24.3 Å². The second kappa shape index (κ2) is 9.54. The Morgan fingerprint density at radius 3 is 2.31 bits per heavy atom. The highest BCUT2D eigenvalue weighted by Crippen LogP contribution is 2.39. The van der Waals surface area contributed by atoms with Crippen LogP contribution in [0.5, 0.6) is 5.75 Å². The number of aromatic hydroxyl groups is 1. The van der Waals surface area contributed by atoms with E-state index < -0.39 is 17.7 Å². The SMILES string of the molecule is Cc1ccc(/C(O)=C2/C(=O)C(=O)N(CCCN3CCOCC3)C2c2ccc(O)cc2)cc1. The Labute approximate surface area is 187 Å². The second-order valence-corrected chi connectivity index (χ2v) is 8.26. The van der Waals surface area contributed by atoms with Gasteiger partial charge in [0.1, 0.15) is 11.5 Å². The first kappa shape index (κ1) is 22.0. The molecule has 168 valence electrons. The standard InChI is InChI=1S/C25H28N2O5/c1-17-3-5-19(6-4-17)23(29)21-22(18-7-9-20(28)10-8-18)27(25(31)24(21)30)12-2-11-26-13-15-32-16-14-26/h3-10,22,28-29H,2,11-16H2,1H3/b23-21-. The molecule has 0 bridgehead atoms. The highest BCUT2D eigenvalue weighted by atomic mass is 16.5. The average molecular weight is 437 g/mol. The summed E-state index contributed by atoms with van der Waals surface area (Å²) in [6.45, 7) is 6.24. The summed E-state index contributed by atoms with van der Waals surface area (Å²) >= 11 is 0. The number of hydrogen-bond donors (Lipinski definition) is 2. The molecule has 0 spiro atoms. The fraction of sp³-hybridized carbons (Fsp3) is 0.360. The van der Waals surface area contributed by atoms with Gasteiger partial charge < -0.3 is 19.8 Å². The smallest absolute Gasteiger partial charge is 0.295 e. The fourth-order valence-electron chi connectivity index (χ4n) is 4.27. The molecule has 2 saturated heterocycles. The van der Waals surface area contributed by atoms with Crippen LogP contribution in [-0.2, 0) is 14.3 Å². The zero-order valence-electron chi connectivity index (χ0n) is 18.2. The number of phenolic OH excluding ortho intramolecular Hbond substituents is 1. The molecule has 0 aromatic heterocycles. The van der Waals surface area contributed by atoms with E-state index in [1.807, 2.05) is 19.1 Å². The van der Waals surface area contributed by atoms with Gasteiger partial charge in [-0.25, -0.2) is 0 Å². The summed E-state index contributed by atoms with van der Waals surface area (Å²) in [4.78, 5) is 29.8. The maximum atomic E-state index is 13.0. The lowest BCUT2D eigenvalue weighted by atomic mass is 9.95. The number of benzene rings is 2. The number of aryl methyl sites for hydroxylation is 1. The number of rotatable bonds is 6. The van der Waals surface area contributed by atoms with Crippen molar-refractivity contribution in [3.05, 3.63) is 70.8 Å². The van der Waals surface area contributed by atoms with Crippen molar-refractivity contribution in [2.24, 2.45) is 0 Å². The summed E-state index contributed by atoms with van der Waals surface area (Å²) in [5.74, 6) is -1.39. The first-order valence-corrected chi connectivity index (χ1v) is 10.9. The van der Waals surface area contributed by atoms with Crippen LogP contribution in [0, 0.1) is 6.92 Å². The number of morpholine rings is 1. The molecular formula is C25H28N2O5. The number of ether oxygens (including phenoxy) is 1. The van der Waals surface area contributed by atoms with Gasteiger partial charge in [0.25, 0.3) is 11.7 Å². The fourth-order valence-corrected chi connectivity index (χ4v) is 4.27. The third kappa shape index (κ3) is 4.54. The maximum absolute atomic E-state index is 13.0. The molecule has 0 aliphatic carbocycles. The summed E-state index contributed by atoms with van der Waals surface area (Å²) in [6.07, 6.45) is 0.701. The molecule has 1 atom stereocenters. The summed E-state index contributed by atoms with van der Waals surface area (Å²) in [7, 11) is 0. The van der Waals surface area contributed by atoms with Crippen LogP contribution in [0.4, 0.5) is 0 Å². The quantitative estimate of drug-likeness (QED) is 0.411. The van der Waals surface area contributed by atoms with Gasteiger partial charge in [0.05, 0.1) is 24.8 Å². The minimum atomic E-state index is -0.707. The number of aliphatic hydroxyl groups excluding tert-OH is 1. The van der Waals surface area contributed by atoms with Crippen molar-refractivity contribution < 1.29 is 24.5 Å². The number of carbonyl (C=O) groups excluding carboxylic acids is 2. The van der Waals surface area contributed by atoms with Crippen LogP contribution >= 0.6 is 0 Å². The molecule has 7 heteroatoms. The third-order valence-corrected chi connectivity index (χ3v) is 6.05. The number of aliphatic hydroxyl groups is 1. The van der Waals surface area contributed by atoms with Gasteiger partial charge >= 0.3 is 0 Å². The number of hydrogen-bond acceptors (Lipinski definition) is 6. The molecular weight excluding hydrogens is 408 g/mol. The van der Waals surface area contributed by atoms with Gasteiger partial charge in [0, 0.05) is 31.7 Å². The minimum Gasteiger partial charge on any atom is -0.508 e. The van der Waals surface area contributed by atoms with Gasteiger partial charge in [0.15, 0.2) is 0 Å². The van der Waals surface area contributed by atoms with Crippen molar-refractivity contribution >= 4 is 17.4 Å². The van der Waals surface area contributed by atoms with E-state index in [-0.39, 0.29) is 17.1 Å². The molecule has 0 radical (unpaired) electrons. The number of likely N-dealkylation sites (tertiary alicyclic amines) is 1. The van der Waals surface area contributed by atoms with Crippen LogP contribution in [0.25, 0.3) is 5.76 Å². The van der Waals surface area contributed by atoms with Crippen molar-refractivity contribution in [2.45, 2.75) is 19.4 Å². The number of phenols is 1. The van der Waals surface area contributed by atoms with E-state index >= 15 is 0 Å². The van der Waals surface area contributed by atoms with Crippen LogP contribution < -0.4 is 0 Å². The molecule has 7 nitrogen and oxygen atoms in total. The monoisotopic (exact) mass is 436 g/mol. The van der Waals surface area contributed by atoms with Crippen molar-refractivity contribution in [3.8, 4) is 5.75 Å². The van der Waals surface area contributed by atoms with E-state index in [4.69, 9.17) is 4.74 Å². The van der Waals surface area contributed by atoms with Crippen LogP contribution in [0.2, 0.25) is 0 Å². The van der Waals surface area contributed by atoms with Crippen LogP contribution in [0.15, 0.2) is 54.1 Å². The Morgan fingerprint density at radius 1 is 1.00 bits per heavy atom. The van der Waals surface area contributed by atoms with Crippen molar-refractivity contribution in [1.82, 2.24) is 9.80 Å². The molecule has 2 aromatic carbocycles. The second-order valence-electron chi connectivity index (χ2n) is 8.26. The third-order valence-electron chi connectivity index (χ3n) is 6.05. The Kier molecular flexibility index (Phi) is 6.58. The molecule has 32 heavy (non-hydrogen) atoms. The van der Waals surface area contributed by atoms with E-state index in [0.717, 1.165) is 25.2 Å². The van der Waals surface area contributed by atoms with Gasteiger partial charge in [-0.3, -0.25) is 14.5 Å². The molecule has 2 aliphatic heterocycles. The van der Waals surface area contributed by atoms with Crippen molar-refractivity contribution in [3.63, 3.8) is 0 Å². The highest BCUT2D eigenvalue weighted by molar-refractivity contribution is 6.46. The van der Waals surface area contributed by atoms with Crippen molar-refractivity contribution in [1.29, 1.82) is 0 Å². The topological polar surface area (TPSA) is 90.3 Å². The number of carbonyl (C=O) groups is 2. The van der Waals surface area contributed by atoms with E-state index in [1.165, 1.54) is 17.0 Å². The molecule has 1 amide bonds. The maximum Gasteiger partial charge on any atom is 0.295 e. The summed E-state index contributed by atoms with van der Waals surface area (Å²) in [5.41, 5.74) is 2.27. The first-order chi connectivity index (χ1) is 15.5. The number of Topliss-reactive ketones (excluding diaryl/α,β-unsaturated/α-hetero) is 1. The van der Waals surface area contributed by atoms with Gasteiger partial charge in [0.2, 0.25) is 0 Å². The molecule has 2 fully saturated rings. The van der Waals surface area contributed by atoms with Crippen LogP contribution in [0.3, 0.4) is 0 Å². The predicted molar refractivity (Wildman–Crippen MR) is 120 cm³/mol. The number of nitrogens with zero attached hydrogens (tertiary/aromatic N) is 2. The molecule has 2 heterocycles. The van der Waals surface area contributed by atoms with Gasteiger partial charge in [-0.15, -0.1) is 0 Å². The summed E-state index contributed by atoms with van der Waals surface area (Å²) in [6, 6.07) is 12.9. The van der Waals surface area contributed by atoms with Crippen molar-refractivity contribution in [2.75, 3.05) is 39.4 Å².